The van der Waals surface area contributed by atoms with Gasteiger partial charge in [0.05, 0.1) is 6.10 Å². The molecule has 2 rings (SSSR count). The normalized spacial score (nSPS) is 37.7. The Balaban J connectivity index is 1.79. The van der Waals surface area contributed by atoms with Crippen molar-refractivity contribution in [2.75, 3.05) is 6.54 Å². The molecule has 1 heterocycles. The summed E-state index contributed by atoms with van der Waals surface area (Å²) in [6.45, 7) is 1.19. The van der Waals surface area contributed by atoms with Crippen molar-refractivity contribution in [3.8, 4) is 0 Å². The minimum Gasteiger partial charge on any atom is -0.393 e. The molecule has 1 aliphatic carbocycles. The molecule has 0 unspecified atom stereocenters. The number of nitrogens with one attached hydrogen (secondary N) is 1. The molecule has 1 saturated carbocycles. The molecule has 1 saturated heterocycles. The van der Waals surface area contributed by atoms with Crippen LogP contribution in [0.2, 0.25) is 0 Å². The Morgan fingerprint density at radius 2 is 1.62 bits per heavy atom. The molecule has 0 aromatic heterocycles. The van der Waals surface area contributed by atoms with Crippen LogP contribution in [-0.2, 0) is 0 Å². The van der Waals surface area contributed by atoms with Crippen LogP contribution in [0.5, 0.6) is 0 Å². The van der Waals surface area contributed by atoms with Crippen LogP contribution < -0.4 is 5.32 Å². The van der Waals surface area contributed by atoms with E-state index in [-0.39, 0.29) is 6.10 Å². The third-order valence-corrected chi connectivity index (χ3v) is 4.37. The smallest absolute Gasteiger partial charge is 0.0569 e. The van der Waals surface area contributed by atoms with Crippen LogP contribution in [-0.4, -0.2) is 23.8 Å². The van der Waals surface area contributed by atoms with Gasteiger partial charge in [-0.25, -0.2) is 0 Å². The van der Waals surface area contributed by atoms with Crippen LogP contribution in [0, 0.1) is 5.92 Å². The SMILES string of the molecule is O[C@@H]1CCCCCC[C@H]1C[C@@H]1CCCCN1. The molecule has 94 valence electrons. The van der Waals surface area contributed by atoms with Crippen LogP contribution in [0.1, 0.15) is 64.2 Å². The van der Waals surface area contributed by atoms with Gasteiger partial charge in [-0.1, -0.05) is 32.1 Å². The zero-order valence-corrected chi connectivity index (χ0v) is 10.5. The predicted molar refractivity (Wildman–Crippen MR) is 67.5 cm³/mol. The highest BCUT2D eigenvalue weighted by molar-refractivity contribution is 4.80. The number of rotatable bonds is 2. The summed E-state index contributed by atoms with van der Waals surface area (Å²) >= 11 is 0. The molecule has 0 radical (unpaired) electrons. The van der Waals surface area contributed by atoms with E-state index in [1.165, 1.54) is 64.3 Å². The molecule has 0 spiro atoms. The van der Waals surface area contributed by atoms with Gasteiger partial charge in [0.25, 0.3) is 0 Å². The van der Waals surface area contributed by atoms with Gasteiger partial charge in [-0.05, 0) is 44.6 Å². The number of hydrogen-bond donors (Lipinski definition) is 2. The molecule has 16 heavy (non-hydrogen) atoms. The van der Waals surface area contributed by atoms with Crippen molar-refractivity contribution in [1.29, 1.82) is 0 Å². The molecule has 0 bridgehead atoms. The van der Waals surface area contributed by atoms with E-state index in [9.17, 15) is 5.11 Å². The molecule has 2 fully saturated rings. The van der Waals surface area contributed by atoms with E-state index in [1.54, 1.807) is 0 Å². The van der Waals surface area contributed by atoms with Gasteiger partial charge in [0.2, 0.25) is 0 Å². The average molecular weight is 225 g/mol. The standard InChI is InChI=1S/C14H27NO/c16-14-9-4-2-1-3-7-12(14)11-13-8-5-6-10-15-13/h12-16H,1-11H2/t12-,13-,14+/m0/s1. The fourth-order valence-electron chi connectivity index (χ4n) is 3.31. The lowest BCUT2D eigenvalue weighted by molar-refractivity contribution is 0.0707. The first-order valence-electron chi connectivity index (χ1n) is 7.28. The second-order valence-corrected chi connectivity index (χ2v) is 5.70. The topological polar surface area (TPSA) is 32.3 Å². The van der Waals surface area contributed by atoms with Crippen LogP contribution in [0.4, 0.5) is 0 Å². The molecular formula is C14H27NO. The first-order chi connectivity index (χ1) is 7.86. The molecule has 3 atom stereocenters. The minimum atomic E-state index is -0.0240. The molecule has 0 amide bonds. The fourth-order valence-corrected chi connectivity index (χ4v) is 3.31. The lowest BCUT2D eigenvalue weighted by Crippen LogP contribution is -2.38. The van der Waals surface area contributed by atoms with E-state index in [1.807, 2.05) is 0 Å². The van der Waals surface area contributed by atoms with Crippen molar-refractivity contribution < 1.29 is 5.11 Å². The van der Waals surface area contributed by atoms with Crippen LogP contribution in [0.25, 0.3) is 0 Å². The first kappa shape index (κ1) is 12.4. The van der Waals surface area contributed by atoms with Crippen LogP contribution in [0.15, 0.2) is 0 Å². The van der Waals surface area contributed by atoms with Crippen molar-refractivity contribution in [3.63, 3.8) is 0 Å². The van der Waals surface area contributed by atoms with Gasteiger partial charge >= 0.3 is 0 Å². The highest BCUT2D eigenvalue weighted by Gasteiger charge is 2.24. The van der Waals surface area contributed by atoms with Gasteiger partial charge in [0.1, 0.15) is 0 Å². The summed E-state index contributed by atoms with van der Waals surface area (Å²) in [5.41, 5.74) is 0. The molecular weight excluding hydrogens is 198 g/mol. The Morgan fingerprint density at radius 3 is 2.38 bits per heavy atom. The zero-order valence-electron chi connectivity index (χ0n) is 10.5. The van der Waals surface area contributed by atoms with Crippen molar-refractivity contribution in [3.05, 3.63) is 0 Å². The van der Waals surface area contributed by atoms with Gasteiger partial charge < -0.3 is 10.4 Å². The first-order valence-corrected chi connectivity index (χ1v) is 7.28. The van der Waals surface area contributed by atoms with Crippen molar-refractivity contribution >= 4 is 0 Å². The second-order valence-electron chi connectivity index (χ2n) is 5.70. The summed E-state index contributed by atoms with van der Waals surface area (Å²) in [5, 5.41) is 13.8. The van der Waals surface area contributed by atoms with Crippen LogP contribution >= 0.6 is 0 Å². The molecule has 1 aliphatic heterocycles. The third-order valence-electron chi connectivity index (χ3n) is 4.37. The molecule has 2 nitrogen and oxygen atoms in total. The van der Waals surface area contributed by atoms with E-state index in [0.29, 0.717) is 12.0 Å². The third kappa shape index (κ3) is 3.74. The van der Waals surface area contributed by atoms with Gasteiger partial charge in [-0.15, -0.1) is 0 Å². The second kappa shape index (κ2) is 6.61. The van der Waals surface area contributed by atoms with Crippen molar-refractivity contribution in [1.82, 2.24) is 5.32 Å². The Labute approximate surface area is 99.8 Å². The quantitative estimate of drug-likeness (QED) is 0.757. The molecule has 0 aromatic carbocycles. The number of hydrogen-bond acceptors (Lipinski definition) is 2. The largest absolute Gasteiger partial charge is 0.393 e. The predicted octanol–water partition coefficient (Wildman–Crippen LogP) is 2.85. The number of aliphatic hydroxyl groups is 1. The van der Waals surface area contributed by atoms with Gasteiger partial charge in [-0.2, -0.15) is 0 Å². The average Bonchev–Trinajstić information content (AvgIpc) is 2.30. The van der Waals surface area contributed by atoms with Crippen LogP contribution in [0.3, 0.4) is 0 Å². The molecule has 2 heteroatoms. The van der Waals surface area contributed by atoms with Crippen molar-refractivity contribution in [2.24, 2.45) is 5.92 Å². The van der Waals surface area contributed by atoms with Gasteiger partial charge in [0, 0.05) is 6.04 Å². The van der Waals surface area contributed by atoms with Gasteiger partial charge in [0.15, 0.2) is 0 Å². The Kier molecular flexibility index (Phi) is 5.11. The summed E-state index contributed by atoms with van der Waals surface area (Å²) < 4.78 is 0. The van der Waals surface area contributed by atoms with Gasteiger partial charge in [-0.3, -0.25) is 0 Å². The lowest BCUT2D eigenvalue weighted by atomic mass is 9.83. The van der Waals surface area contributed by atoms with E-state index >= 15 is 0 Å². The van der Waals surface area contributed by atoms with E-state index in [4.69, 9.17) is 0 Å². The summed E-state index contributed by atoms with van der Waals surface area (Å²) in [4.78, 5) is 0. The summed E-state index contributed by atoms with van der Waals surface area (Å²) in [7, 11) is 0. The molecule has 0 aromatic rings. The van der Waals surface area contributed by atoms with E-state index in [2.05, 4.69) is 5.32 Å². The Hall–Kier alpha value is -0.0800. The minimum absolute atomic E-state index is 0.0240. The van der Waals surface area contributed by atoms with Crippen molar-refractivity contribution in [2.45, 2.75) is 76.4 Å². The fraction of sp³-hybridized carbons (Fsp3) is 1.00. The Bertz CT molecular complexity index is 189. The number of piperidine rings is 1. The monoisotopic (exact) mass is 225 g/mol. The maximum atomic E-state index is 10.2. The maximum absolute atomic E-state index is 10.2. The summed E-state index contributed by atoms with van der Waals surface area (Å²) in [6, 6.07) is 0.688. The zero-order chi connectivity index (χ0) is 11.2. The van der Waals surface area contributed by atoms with E-state index in [0.717, 1.165) is 6.42 Å². The summed E-state index contributed by atoms with van der Waals surface area (Å²) in [5.74, 6) is 0.566. The molecule has 2 aliphatic rings. The number of aliphatic hydroxyl groups excluding tert-OH is 1. The summed E-state index contributed by atoms with van der Waals surface area (Å²) in [6.07, 6.45) is 12.8. The lowest BCUT2D eigenvalue weighted by Gasteiger charge is -2.31. The van der Waals surface area contributed by atoms with E-state index < -0.39 is 0 Å². The highest BCUT2D eigenvalue weighted by Crippen LogP contribution is 2.28. The molecule has 2 N–H and O–H groups in total. The maximum Gasteiger partial charge on any atom is 0.0569 e. The Morgan fingerprint density at radius 1 is 0.875 bits per heavy atom. The highest BCUT2D eigenvalue weighted by atomic mass is 16.3.